The number of allylic oxidation sites excluding steroid dienone is 4. The fraction of sp³-hybridized carbons (Fsp3) is 0.857. The lowest BCUT2D eigenvalue weighted by atomic mass is 9.69. The topological polar surface area (TPSA) is 109 Å². The molecule has 8 heteroatoms. The highest BCUT2D eigenvalue weighted by Crippen LogP contribution is 2.42. The van der Waals surface area contributed by atoms with Crippen LogP contribution in [0.25, 0.3) is 0 Å². The van der Waals surface area contributed by atoms with Crippen LogP contribution in [0.4, 0.5) is 0 Å². The molecule has 4 rings (SSSR count). The van der Waals surface area contributed by atoms with Gasteiger partial charge in [0.05, 0.1) is 10.5 Å². The molecule has 4 aliphatic rings. The molecule has 2 N–H and O–H groups in total. The second-order valence-corrected chi connectivity index (χ2v) is 15.4. The van der Waals surface area contributed by atoms with E-state index in [9.17, 15) is 25.9 Å². The summed E-state index contributed by atoms with van der Waals surface area (Å²) in [5.74, 6) is 2.52. The predicted molar refractivity (Wildman–Crippen MR) is 144 cm³/mol. The summed E-state index contributed by atoms with van der Waals surface area (Å²) >= 11 is 0. The Morgan fingerprint density at radius 3 is 1.11 bits per heavy atom. The molecule has 4 aliphatic carbocycles. The van der Waals surface area contributed by atoms with Crippen LogP contribution in [0.1, 0.15) is 103 Å². The Balaban J connectivity index is 1.21. The van der Waals surface area contributed by atoms with Crippen LogP contribution in [0.5, 0.6) is 0 Å². The highest BCUT2D eigenvalue weighted by Gasteiger charge is 2.35. The minimum absolute atomic E-state index is 0.0452. The summed E-state index contributed by atoms with van der Waals surface area (Å²) in [6, 6.07) is 0. The van der Waals surface area contributed by atoms with Crippen LogP contribution in [0.2, 0.25) is 0 Å². The van der Waals surface area contributed by atoms with E-state index in [1.54, 1.807) is 0 Å². The maximum Gasteiger partial charge on any atom is 0.268 e. The van der Waals surface area contributed by atoms with Gasteiger partial charge < -0.3 is 0 Å². The zero-order chi connectivity index (χ0) is 25.8. The van der Waals surface area contributed by atoms with Gasteiger partial charge in [0.25, 0.3) is 20.2 Å². The zero-order valence-corrected chi connectivity index (χ0v) is 23.2. The van der Waals surface area contributed by atoms with E-state index in [4.69, 9.17) is 0 Å². The van der Waals surface area contributed by atoms with E-state index in [2.05, 4.69) is 24.3 Å². The second kappa shape index (κ2) is 12.4. The smallest absolute Gasteiger partial charge is 0.268 e. The maximum atomic E-state index is 11.7. The van der Waals surface area contributed by atoms with Crippen LogP contribution in [0.15, 0.2) is 24.3 Å². The van der Waals surface area contributed by atoms with E-state index in [0.29, 0.717) is 24.7 Å². The normalized spacial score (nSPS) is 39.5. The van der Waals surface area contributed by atoms with Crippen molar-refractivity contribution in [2.24, 2.45) is 35.5 Å². The average Bonchev–Trinajstić information content (AvgIpc) is 2.86. The Bertz CT molecular complexity index is 890. The summed E-state index contributed by atoms with van der Waals surface area (Å²) in [7, 11) is -7.94. The van der Waals surface area contributed by atoms with Crippen LogP contribution in [0, 0.1) is 35.5 Å². The molecule has 36 heavy (non-hydrogen) atoms. The van der Waals surface area contributed by atoms with Gasteiger partial charge in [0, 0.05) is 0 Å². The molecule has 0 saturated heterocycles. The van der Waals surface area contributed by atoms with Gasteiger partial charge in [0.2, 0.25) is 0 Å². The van der Waals surface area contributed by atoms with Crippen molar-refractivity contribution in [2.45, 2.75) is 113 Å². The van der Waals surface area contributed by atoms with Gasteiger partial charge in [-0.1, -0.05) is 50.0 Å². The second-order valence-electron chi connectivity index (χ2n) is 12.1. The maximum absolute atomic E-state index is 11.7. The Morgan fingerprint density at radius 1 is 0.444 bits per heavy atom. The Hall–Kier alpha value is -0.700. The molecule has 0 spiro atoms. The van der Waals surface area contributed by atoms with Crippen molar-refractivity contribution in [3.8, 4) is 0 Å². The van der Waals surface area contributed by atoms with Gasteiger partial charge in [-0.3, -0.25) is 9.11 Å². The van der Waals surface area contributed by atoms with Crippen LogP contribution in [0.3, 0.4) is 0 Å². The zero-order valence-electron chi connectivity index (χ0n) is 21.6. The van der Waals surface area contributed by atoms with Crippen molar-refractivity contribution < 1.29 is 25.9 Å². The van der Waals surface area contributed by atoms with Gasteiger partial charge in [-0.2, -0.15) is 16.8 Å². The van der Waals surface area contributed by atoms with Crippen LogP contribution in [-0.4, -0.2) is 36.4 Å². The highest BCUT2D eigenvalue weighted by molar-refractivity contribution is 7.86. The van der Waals surface area contributed by atoms with E-state index in [0.717, 1.165) is 50.4 Å². The fourth-order valence-corrected chi connectivity index (χ4v) is 9.91. The molecule has 0 aromatic rings. The monoisotopic (exact) mass is 542 g/mol. The Labute approximate surface area is 218 Å². The van der Waals surface area contributed by atoms with Crippen LogP contribution < -0.4 is 0 Å². The van der Waals surface area contributed by atoms with Crippen molar-refractivity contribution in [1.82, 2.24) is 0 Å². The Kier molecular flexibility index (Phi) is 9.78. The molecule has 6 nitrogen and oxygen atoms in total. The van der Waals surface area contributed by atoms with Gasteiger partial charge in [-0.15, -0.1) is 0 Å². The van der Waals surface area contributed by atoms with Crippen molar-refractivity contribution in [1.29, 1.82) is 0 Å². The van der Waals surface area contributed by atoms with Crippen molar-refractivity contribution >= 4 is 20.2 Å². The summed E-state index contributed by atoms with van der Waals surface area (Å²) in [5.41, 5.74) is 0. The first kappa shape index (κ1) is 28.3. The highest BCUT2D eigenvalue weighted by atomic mass is 32.2. The molecule has 0 heterocycles. The average molecular weight is 543 g/mol. The summed E-state index contributed by atoms with van der Waals surface area (Å²) in [6.07, 6.45) is 25.0. The number of rotatable bonds is 7. The van der Waals surface area contributed by atoms with Crippen molar-refractivity contribution in [3.05, 3.63) is 24.3 Å². The minimum atomic E-state index is -3.97. The van der Waals surface area contributed by atoms with Crippen LogP contribution in [-0.2, 0) is 20.2 Å². The molecule has 0 aliphatic heterocycles. The van der Waals surface area contributed by atoms with E-state index in [1.807, 2.05) is 0 Å². The molecule has 0 radical (unpaired) electrons. The molecular weight excluding hydrogens is 496 g/mol. The quantitative estimate of drug-likeness (QED) is 0.277. The summed E-state index contributed by atoms with van der Waals surface area (Å²) in [5, 5.41) is -1.25. The molecule has 4 saturated carbocycles. The molecule has 0 bridgehead atoms. The molecule has 0 aromatic heterocycles. The van der Waals surface area contributed by atoms with E-state index >= 15 is 0 Å². The SMILES string of the molecule is O=S(=O)(O)C1CCCCC1/C=C/C1CCC(C2CCC(/C=C/C3CCCCC3S(=O)(=O)O)CC2)CC1. The third-order valence-electron chi connectivity index (χ3n) is 9.83. The van der Waals surface area contributed by atoms with Crippen LogP contribution >= 0.6 is 0 Å². The number of hydrogen-bond donors (Lipinski definition) is 2. The first-order chi connectivity index (χ1) is 17.1. The summed E-state index contributed by atoms with van der Waals surface area (Å²) < 4.78 is 66.2. The largest absolute Gasteiger partial charge is 0.285 e. The number of hydrogen-bond acceptors (Lipinski definition) is 4. The fourth-order valence-electron chi connectivity index (χ4n) is 7.65. The van der Waals surface area contributed by atoms with E-state index < -0.39 is 30.7 Å². The summed E-state index contributed by atoms with van der Waals surface area (Å²) in [6.45, 7) is 0. The first-order valence-corrected chi connectivity index (χ1v) is 17.4. The molecule has 4 atom stereocenters. The van der Waals surface area contributed by atoms with Gasteiger partial charge in [-0.05, 0) is 113 Å². The third kappa shape index (κ3) is 7.67. The Morgan fingerprint density at radius 2 is 0.778 bits per heavy atom. The van der Waals surface area contributed by atoms with E-state index in [-0.39, 0.29) is 11.8 Å². The van der Waals surface area contributed by atoms with Crippen molar-refractivity contribution in [2.75, 3.05) is 0 Å². The molecule has 4 unspecified atom stereocenters. The van der Waals surface area contributed by atoms with Gasteiger partial charge in [0.15, 0.2) is 0 Å². The lowest BCUT2D eigenvalue weighted by Crippen LogP contribution is -2.31. The summed E-state index contributed by atoms with van der Waals surface area (Å²) in [4.78, 5) is 0. The van der Waals surface area contributed by atoms with Gasteiger partial charge in [-0.25, -0.2) is 0 Å². The predicted octanol–water partition coefficient (Wildman–Crippen LogP) is 6.60. The van der Waals surface area contributed by atoms with Gasteiger partial charge >= 0.3 is 0 Å². The minimum Gasteiger partial charge on any atom is -0.285 e. The first-order valence-electron chi connectivity index (χ1n) is 14.4. The lowest BCUT2D eigenvalue weighted by molar-refractivity contribution is 0.166. The molecule has 0 amide bonds. The molecule has 4 fully saturated rings. The third-order valence-corrected chi connectivity index (χ3v) is 12.5. The standard InChI is InChI=1S/C28H46O6S2/c29-35(30,31)27-7-3-1-5-25(27)19-13-21-9-15-23(16-10-21)24-17-11-22(12-18-24)14-20-26-6-2-4-8-28(26)36(32,33)34/h13-14,19-28H,1-12,15-18H2,(H,29,30,31)(H,32,33,34)/b19-13+,20-14+. The molecule has 206 valence electrons. The lowest BCUT2D eigenvalue weighted by Gasteiger charge is -2.37. The molecule has 0 aromatic carbocycles. The van der Waals surface area contributed by atoms with Crippen molar-refractivity contribution in [3.63, 3.8) is 0 Å². The molecular formula is C28H46O6S2. The van der Waals surface area contributed by atoms with Gasteiger partial charge in [0.1, 0.15) is 0 Å². The van der Waals surface area contributed by atoms with E-state index in [1.165, 1.54) is 51.4 Å².